The molecule has 7 nitrogen and oxygen atoms in total. The third-order valence-electron chi connectivity index (χ3n) is 3.48. The predicted octanol–water partition coefficient (Wildman–Crippen LogP) is 2.09. The normalized spacial score (nSPS) is 11.4. The van der Waals surface area contributed by atoms with Gasteiger partial charge in [-0.05, 0) is 18.6 Å². The fourth-order valence-corrected chi connectivity index (χ4v) is 2.97. The fraction of sp³-hybridized carbons (Fsp3) is 0.562. The summed E-state index contributed by atoms with van der Waals surface area (Å²) in [5, 5.41) is 2.68. The summed E-state index contributed by atoms with van der Waals surface area (Å²) in [5.74, 6) is 0.610. The van der Waals surface area contributed by atoms with Crippen LogP contribution in [0.1, 0.15) is 26.2 Å². The fourth-order valence-electron chi connectivity index (χ4n) is 2.16. The first-order valence-corrected chi connectivity index (χ1v) is 9.63. The molecule has 24 heavy (non-hydrogen) atoms. The summed E-state index contributed by atoms with van der Waals surface area (Å²) in [7, 11) is -0.433. The SMILES string of the molecule is CCCCCN(CC(=O)Nc1cc(OC)ccc1OC)S(C)(=O)=O. The Labute approximate surface area is 144 Å². The first kappa shape index (κ1) is 20.2. The Morgan fingerprint density at radius 1 is 1.21 bits per heavy atom. The maximum atomic E-state index is 12.3. The number of carbonyl (C=O) groups excluding carboxylic acids is 1. The molecule has 0 aliphatic heterocycles. The second-order valence-electron chi connectivity index (χ2n) is 5.42. The van der Waals surface area contributed by atoms with Crippen molar-refractivity contribution in [3.8, 4) is 11.5 Å². The number of sulfonamides is 1. The summed E-state index contributed by atoms with van der Waals surface area (Å²) < 4.78 is 35.2. The van der Waals surface area contributed by atoms with E-state index in [0.29, 0.717) is 23.7 Å². The van der Waals surface area contributed by atoms with Crippen LogP contribution in [-0.4, -0.2) is 52.2 Å². The molecule has 0 aliphatic carbocycles. The van der Waals surface area contributed by atoms with Crippen molar-refractivity contribution in [2.45, 2.75) is 26.2 Å². The van der Waals surface area contributed by atoms with Gasteiger partial charge in [-0.25, -0.2) is 8.42 Å². The summed E-state index contributed by atoms with van der Waals surface area (Å²) in [5.41, 5.74) is 0.434. The zero-order valence-electron chi connectivity index (χ0n) is 14.7. The number of amides is 1. The van der Waals surface area contributed by atoms with Crippen molar-refractivity contribution in [3.05, 3.63) is 18.2 Å². The number of hydrogen-bond donors (Lipinski definition) is 1. The molecule has 0 atom stereocenters. The molecule has 8 heteroatoms. The van der Waals surface area contributed by atoms with Crippen molar-refractivity contribution < 1.29 is 22.7 Å². The number of rotatable bonds is 10. The van der Waals surface area contributed by atoms with Crippen LogP contribution >= 0.6 is 0 Å². The molecule has 0 aliphatic rings. The molecule has 1 amide bonds. The van der Waals surface area contributed by atoms with E-state index in [-0.39, 0.29) is 6.54 Å². The summed E-state index contributed by atoms with van der Waals surface area (Å²) in [6, 6.07) is 5.00. The molecular weight excluding hydrogens is 332 g/mol. The van der Waals surface area contributed by atoms with Crippen LogP contribution in [0.5, 0.6) is 11.5 Å². The van der Waals surface area contributed by atoms with Crippen molar-refractivity contribution in [1.82, 2.24) is 4.31 Å². The first-order valence-electron chi connectivity index (χ1n) is 7.78. The quantitative estimate of drug-likeness (QED) is 0.648. The zero-order valence-corrected chi connectivity index (χ0v) is 15.5. The van der Waals surface area contributed by atoms with Gasteiger partial charge in [-0.15, -0.1) is 0 Å². The highest BCUT2D eigenvalue weighted by atomic mass is 32.2. The second kappa shape index (κ2) is 9.48. The van der Waals surface area contributed by atoms with Crippen LogP contribution < -0.4 is 14.8 Å². The molecule has 1 N–H and O–H groups in total. The van der Waals surface area contributed by atoms with Crippen LogP contribution in [0.3, 0.4) is 0 Å². The number of nitrogens with one attached hydrogen (secondary N) is 1. The van der Waals surface area contributed by atoms with Crippen LogP contribution in [0.25, 0.3) is 0 Å². The monoisotopic (exact) mass is 358 g/mol. The number of ether oxygens (including phenoxy) is 2. The van der Waals surface area contributed by atoms with Gasteiger partial charge in [0.15, 0.2) is 0 Å². The van der Waals surface area contributed by atoms with E-state index in [1.165, 1.54) is 18.5 Å². The van der Waals surface area contributed by atoms with E-state index >= 15 is 0 Å². The number of anilines is 1. The van der Waals surface area contributed by atoms with Crippen molar-refractivity contribution >= 4 is 21.6 Å². The average molecular weight is 358 g/mol. The van der Waals surface area contributed by atoms with E-state index in [2.05, 4.69) is 5.32 Å². The smallest absolute Gasteiger partial charge is 0.239 e. The summed E-state index contributed by atoms with van der Waals surface area (Å²) >= 11 is 0. The first-order chi connectivity index (χ1) is 11.3. The lowest BCUT2D eigenvalue weighted by molar-refractivity contribution is -0.116. The number of methoxy groups -OCH3 is 2. The van der Waals surface area contributed by atoms with Gasteiger partial charge in [0.2, 0.25) is 15.9 Å². The Kier molecular flexibility index (Phi) is 8.00. The van der Waals surface area contributed by atoms with Gasteiger partial charge in [0, 0.05) is 12.6 Å². The lowest BCUT2D eigenvalue weighted by Crippen LogP contribution is -2.38. The maximum absolute atomic E-state index is 12.3. The molecule has 0 bridgehead atoms. The lowest BCUT2D eigenvalue weighted by atomic mass is 10.2. The second-order valence-corrected chi connectivity index (χ2v) is 7.40. The van der Waals surface area contributed by atoms with Crippen molar-refractivity contribution in [3.63, 3.8) is 0 Å². The Bertz CT molecular complexity index is 646. The van der Waals surface area contributed by atoms with Gasteiger partial charge in [-0.1, -0.05) is 19.8 Å². The number of unbranched alkanes of at least 4 members (excludes halogenated alkanes) is 2. The number of hydrogen-bond acceptors (Lipinski definition) is 5. The summed E-state index contributed by atoms with van der Waals surface area (Å²) in [4.78, 5) is 12.3. The Hall–Kier alpha value is -1.80. The highest BCUT2D eigenvalue weighted by molar-refractivity contribution is 7.88. The predicted molar refractivity (Wildman–Crippen MR) is 94.1 cm³/mol. The topological polar surface area (TPSA) is 84.9 Å². The van der Waals surface area contributed by atoms with Gasteiger partial charge < -0.3 is 14.8 Å². The maximum Gasteiger partial charge on any atom is 0.239 e. The van der Waals surface area contributed by atoms with Gasteiger partial charge in [-0.2, -0.15) is 4.31 Å². The standard InChI is InChI=1S/C16H26N2O5S/c1-5-6-7-10-18(24(4,20)21)12-16(19)17-14-11-13(22-2)8-9-15(14)23-3/h8-9,11H,5-7,10,12H2,1-4H3,(H,17,19). The number of nitrogens with zero attached hydrogens (tertiary/aromatic N) is 1. The summed E-state index contributed by atoms with van der Waals surface area (Å²) in [6.07, 6.45) is 3.72. The highest BCUT2D eigenvalue weighted by Gasteiger charge is 2.20. The molecule has 0 unspecified atom stereocenters. The molecule has 0 fully saturated rings. The van der Waals surface area contributed by atoms with Crippen LogP contribution in [0.4, 0.5) is 5.69 Å². The largest absolute Gasteiger partial charge is 0.497 e. The molecular formula is C16H26N2O5S. The summed E-state index contributed by atoms with van der Waals surface area (Å²) in [6.45, 7) is 2.13. The van der Waals surface area contributed by atoms with Crippen molar-refractivity contribution in [2.24, 2.45) is 0 Å². The molecule has 0 saturated heterocycles. The Morgan fingerprint density at radius 3 is 2.46 bits per heavy atom. The minimum absolute atomic E-state index is 0.233. The third kappa shape index (κ3) is 6.37. The average Bonchev–Trinajstić information content (AvgIpc) is 2.53. The van der Waals surface area contributed by atoms with Crippen LogP contribution in [0.2, 0.25) is 0 Å². The van der Waals surface area contributed by atoms with Gasteiger partial charge in [0.25, 0.3) is 0 Å². The van der Waals surface area contributed by atoms with Gasteiger partial charge in [0.05, 0.1) is 32.7 Å². The van der Waals surface area contributed by atoms with Crippen LogP contribution in [-0.2, 0) is 14.8 Å². The lowest BCUT2D eigenvalue weighted by Gasteiger charge is -2.20. The molecule has 136 valence electrons. The molecule has 1 aromatic carbocycles. The van der Waals surface area contributed by atoms with Crippen LogP contribution in [0.15, 0.2) is 18.2 Å². The van der Waals surface area contributed by atoms with E-state index in [1.54, 1.807) is 18.2 Å². The van der Waals surface area contributed by atoms with E-state index in [0.717, 1.165) is 25.5 Å². The van der Waals surface area contributed by atoms with Crippen LogP contribution in [0, 0.1) is 0 Å². The van der Waals surface area contributed by atoms with Crippen molar-refractivity contribution in [1.29, 1.82) is 0 Å². The molecule has 0 heterocycles. The minimum atomic E-state index is -3.44. The van der Waals surface area contributed by atoms with Gasteiger partial charge >= 0.3 is 0 Å². The van der Waals surface area contributed by atoms with Gasteiger partial charge in [0.1, 0.15) is 11.5 Å². The highest BCUT2D eigenvalue weighted by Crippen LogP contribution is 2.28. The molecule has 1 aromatic rings. The minimum Gasteiger partial charge on any atom is -0.497 e. The van der Waals surface area contributed by atoms with E-state index < -0.39 is 15.9 Å². The number of benzene rings is 1. The third-order valence-corrected chi connectivity index (χ3v) is 4.73. The Balaban J connectivity index is 2.82. The van der Waals surface area contributed by atoms with Crippen molar-refractivity contribution in [2.75, 3.05) is 38.9 Å². The zero-order chi connectivity index (χ0) is 18.2. The molecule has 0 radical (unpaired) electrons. The van der Waals surface area contributed by atoms with E-state index in [4.69, 9.17) is 9.47 Å². The van der Waals surface area contributed by atoms with E-state index in [1.807, 2.05) is 6.92 Å². The molecule has 0 aromatic heterocycles. The Morgan fingerprint density at radius 2 is 1.92 bits per heavy atom. The van der Waals surface area contributed by atoms with Gasteiger partial charge in [-0.3, -0.25) is 4.79 Å². The number of carbonyl (C=O) groups is 1. The molecule has 0 spiro atoms. The van der Waals surface area contributed by atoms with E-state index in [9.17, 15) is 13.2 Å². The molecule has 1 rings (SSSR count). The molecule has 0 saturated carbocycles.